The molecule has 6 heteroatoms. The van der Waals surface area contributed by atoms with Crippen molar-refractivity contribution >= 4 is 12.4 Å². The van der Waals surface area contributed by atoms with Gasteiger partial charge in [0.1, 0.15) is 0 Å². The van der Waals surface area contributed by atoms with E-state index >= 15 is 0 Å². The van der Waals surface area contributed by atoms with Crippen molar-refractivity contribution in [2.24, 2.45) is 7.05 Å². The fourth-order valence-electron chi connectivity index (χ4n) is 1.78. The summed E-state index contributed by atoms with van der Waals surface area (Å²) in [6.07, 6.45) is 1.84. The zero-order chi connectivity index (χ0) is 9.97. The Balaban J connectivity index is 0.00000112. The van der Waals surface area contributed by atoms with E-state index in [9.17, 15) is 0 Å². The van der Waals surface area contributed by atoms with Crippen LogP contribution in [0.2, 0.25) is 0 Å². The fraction of sp³-hybridized carbons (Fsp3) is 0.778. The Morgan fingerprint density at radius 1 is 1.60 bits per heavy atom. The van der Waals surface area contributed by atoms with Gasteiger partial charge in [0.2, 0.25) is 0 Å². The number of piperazine rings is 1. The first-order chi connectivity index (χ1) is 6.77. The minimum absolute atomic E-state index is 0. The summed E-state index contributed by atoms with van der Waals surface area (Å²) in [6.45, 7) is 6.45. The Morgan fingerprint density at radius 3 is 3.00 bits per heavy atom. The molecule has 0 aliphatic carbocycles. The monoisotopic (exact) mass is 231 g/mol. The first kappa shape index (κ1) is 12.4. The van der Waals surface area contributed by atoms with Crippen LogP contribution in [0.15, 0.2) is 6.20 Å². The minimum atomic E-state index is 0. The Hall–Kier alpha value is -0.650. The van der Waals surface area contributed by atoms with E-state index in [-0.39, 0.29) is 12.4 Å². The van der Waals surface area contributed by atoms with Crippen LogP contribution in [0.1, 0.15) is 12.6 Å². The predicted molar refractivity (Wildman–Crippen MR) is 61.0 cm³/mol. The number of hydrogen-bond donors (Lipinski definition) is 1. The van der Waals surface area contributed by atoms with Crippen molar-refractivity contribution in [3.05, 3.63) is 11.9 Å². The fourth-order valence-corrected chi connectivity index (χ4v) is 1.78. The third-order valence-corrected chi connectivity index (χ3v) is 2.81. The van der Waals surface area contributed by atoms with E-state index in [0.29, 0.717) is 6.04 Å². The quantitative estimate of drug-likeness (QED) is 0.780. The molecule has 2 heterocycles. The van der Waals surface area contributed by atoms with Crippen molar-refractivity contribution in [3.8, 4) is 0 Å². The summed E-state index contributed by atoms with van der Waals surface area (Å²) in [4.78, 5) is 2.45. The lowest BCUT2D eigenvalue weighted by atomic mass is 10.2. The number of aryl methyl sites for hydroxylation is 1. The zero-order valence-electron chi connectivity index (χ0n) is 9.18. The molecule has 1 saturated heterocycles. The summed E-state index contributed by atoms with van der Waals surface area (Å²) in [7, 11) is 1.94. The average Bonchev–Trinajstić information content (AvgIpc) is 2.56. The van der Waals surface area contributed by atoms with E-state index < -0.39 is 0 Å². The Bertz CT molecular complexity index is 300. The van der Waals surface area contributed by atoms with E-state index in [0.717, 1.165) is 26.2 Å². The average molecular weight is 232 g/mol. The minimum Gasteiger partial charge on any atom is -0.314 e. The summed E-state index contributed by atoms with van der Waals surface area (Å²) in [5.41, 5.74) is 1.18. The van der Waals surface area contributed by atoms with Crippen molar-refractivity contribution in [2.75, 3.05) is 19.6 Å². The molecule has 0 bridgehead atoms. The second-order valence-electron chi connectivity index (χ2n) is 3.87. The van der Waals surface area contributed by atoms with Gasteiger partial charge < -0.3 is 5.32 Å². The van der Waals surface area contributed by atoms with Gasteiger partial charge in [0.25, 0.3) is 0 Å². The van der Waals surface area contributed by atoms with Gasteiger partial charge in [-0.2, -0.15) is 0 Å². The van der Waals surface area contributed by atoms with Crippen molar-refractivity contribution in [1.82, 2.24) is 25.2 Å². The van der Waals surface area contributed by atoms with Gasteiger partial charge in [0.05, 0.1) is 11.9 Å². The second-order valence-corrected chi connectivity index (χ2v) is 3.87. The van der Waals surface area contributed by atoms with Crippen molar-refractivity contribution < 1.29 is 0 Å². The molecule has 0 saturated carbocycles. The molecule has 1 N–H and O–H groups in total. The molecule has 15 heavy (non-hydrogen) atoms. The highest BCUT2D eigenvalue weighted by Crippen LogP contribution is 2.07. The van der Waals surface area contributed by atoms with E-state index in [4.69, 9.17) is 0 Å². The van der Waals surface area contributed by atoms with E-state index in [1.165, 1.54) is 5.69 Å². The van der Waals surface area contributed by atoms with Gasteiger partial charge in [0, 0.05) is 39.3 Å². The Morgan fingerprint density at radius 2 is 2.40 bits per heavy atom. The molecular formula is C9H18ClN5. The Kier molecular flexibility index (Phi) is 4.50. The molecule has 2 rings (SSSR count). The number of hydrogen-bond acceptors (Lipinski definition) is 4. The molecule has 1 aliphatic rings. The number of rotatable bonds is 2. The lowest BCUT2D eigenvalue weighted by Crippen LogP contribution is -2.49. The number of aromatic nitrogens is 3. The summed E-state index contributed by atoms with van der Waals surface area (Å²) in [5.74, 6) is 0. The van der Waals surface area contributed by atoms with Gasteiger partial charge in [-0.05, 0) is 6.92 Å². The summed E-state index contributed by atoms with van der Waals surface area (Å²) in [6, 6.07) is 0.596. The molecule has 0 radical (unpaired) electrons. The van der Waals surface area contributed by atoms with Crippen LogP contribution < -0.4 is 5.32 Å². The highest BCUT2D eigenvalue weighted by molar-refractivity contribution is 5.85. The molecule has 1 aromatic rings. The van der Waals surface area contributed by atoms with Crippen LogP contribution in [-0.2, 0) is 13.6 Å². The lowest BCUT2D eigenvalue weighted by molar-refractivity contribution is 0.162. The SMILES string of the molecule is CC1CNCCN1Cc1cnnn1C.Cl. The number of nitrogens with one attached hydrogen (secondary N) is 1. The zero-order valence-corrected chi connectivity index (χ0v) is 10.00. The standard InChI is InChI=1S/C9H17N5.ClH/c1-8-5-10-3-4-14(8)7-9-6-11-12-13(9)2;/h6,8,10H,3-5,7H2,1-2H3;1H. The molecule has 5 nitrogen and oxygen atoms in total. The van der Waals surface area contributed by atoms with Gasteiger partial charge >= 0.3 is 0 Å². The van der Waals surface area contributed by atoms with Gasteiger partial charge in [-0.3, -0.25) is 9.58 Å². The van der Waals surface area contributed by atoms with Crippen LogP contribution in [0.25, 0.3) is 0 Å². The van der Waals surface area contributed by atoms with Crippen molar-refractivity contribution in [2.45, 2.75) is 19.5 Å². The van der Waals surface area contributed by atoms with E-state index in [1.807, 2.05) is 17.9 Å². The number of nitrogens with zero attached hydrogens (tertiary/aromatic N) is 4. The lowest BCUT2D eigenvalue weighted by Gasteiger charge is -2.33. The van der Waals surface area contributed by atoms with Gasteiger partial charge in [0.15, 0.2) is 0 Å². The van der Waals surface area contributed by atoms with Crippen LogP contribution in [0.3, 0.4) is 0 Å². The smallest absolute Gasteiger partial charge is 0.0738 e. The normalized spacial score (nSPS) is 22.4. The van der Waals surface area contributed by atoms with Crippen LogP contribution >= 0.6 is 12.4 Å². The third-order valence-electron chi connectivity index (χ3n) is 2.81. The van der Waals surface area contributed by atoms with E-state index in [1.54, 1.807) is 0 Å². The molecule has 1 atom stereocenters. The van der Waals surface area contributed by atoms with Crippen LogP contribution in [0, 0.1) is 0 Å². The Labute approximate surface area is 96.2 Å². The third kappa shape index (κ3) is 2.90. The predicted octanol–water partition coefficient (Wildman–Crippen LogP) is 0.0306. The largest absolute Gasteiger partial charge is 0.314 e. The summed E-state index contributed by atoms with van der Waals surface area (Å²) >= 11 is 0. The molecule has 1 aliphatic heterocycles. The van der Waals surface area contributed by atoms with Crippen molar-refractivity contribution in [3.63, 3.8) is 0 Å². The second kappa shape index (κ2) is 5.44. The van der Waals surface area contributed by atoms with Crippen LogP contribution in [0.4, 0.5) is 0 Å². The first-order valence-corrected chi connectivity index (χ1v) is 5.05. The van der Waals surface area contributed by atoms with Gasteiger partial charge in [-0.1, -0.05) is 5.21 Å². The maximum atomic E-state index is 3.93. The molecule has 86 valence electrons. The summed E-state index contributed by atoms with van der Waals surface area (Å²) in [5, 5.41) is 11.2. The molecule has 0 spiro atoms. The summed E-state index contributed by atoms with van der Waals surface area (Å²) < 4.78 is 1.84. The molecule has 1 aromatic heterocycles. The van der Waals surface area contributed by atoms with Gasteiger partial charge in [-0.25, -0.2) is 0 Å². The maximum absolute atomic E-state index is 3.93. The molecule has 0 amide bonds. The first-order valence-electron chi connectivity index (χ1n) is 5.05. The topological polar surface area (TPSA) is 46.0 Å². The van der Waals surface area contributed by atoms with Crippen LogP contribution in [0.5, 0.6) is 0 Å². The molecule has 1 fully saturated rings. The van der Waals surface area contributed by atoms with Crippen LogP contribution in [-0.4, -0.2) is 45.6 Å². The van der Waals surface area contributed by atoms with Gasteiger partial charge in [-0.15, -0.1) is 17.5 Å². The van der Waals surface area contributed by atoms with E-state index in [2.05, 4.69) is 27.5 Å². The molecule has 0 aromatic carbocycles. The molecule has 1 unspecified atom stereocenters. The highest BCUT2D eigenvalue weighted by Gasteiger charge is 2.18. The molecular weight excluding hydrogens is 214 g/mol. The maximum Gasteiger partial charge on any atom is 0.0738 e. The number of halogens is 1. The van der Waals surface area contributed by atoms with Crippen molar-refractivity contribution in [1.29, 1.82) is 0 Å². The highest BCUT2D eigenvalue weighted by atomic mass is 35.5.